The number of esters is 2. The van der Waals surface area contributed by atoms with Gasteiger partial charge in [0.15, 0.2) is 5.41 Å². The minimum Gasteiger partial charge on any atom is -0.539 e. The third kappa shape index (κ3) is 2.87. The number of hydrogen-bond donors (Lipinski definition) is 0. The number of benzene rings is 1. The third-order valence-electron chi connectivity index (χ3n) is 3.80. The van der Waals surface area contributed by atoms with E-state index in [0.29, 0.717) is 5.56 Å². The van der Waals surface area contributed by atoms with Gasteiger partial charge < -0.3 is 14.3 Å². The molecule has 0 spiro atoms. The fourth-order valence-corrected chi connectivity index (χ4v) is 2.81. The zero-order valence-electron chi connectivity index (χ0n) is 12.9. The molecule has 1 aliphatic carbocycles. The number of carbonyl (C=O) groups is 2. The topological polar surface area (TPSA) is 69.7 Å². The number of rotatable bonds is 6. The quantitative estimate of drug-likeness (QED) is 0.416. The minimum absolute atomic E-state index is 0. The van der Waals surface area contributed by atoms with Crippen molar-refractivity contribution < 1.29 is 61.0 Å². The van der Waals surface area contributed by atoms with Gasteiger partial charge in [-0.1, -0.05) is 30.3 Å². The van der Waals surface area contributed by atoms with E-state index in [1.54, 1.807) is 18.2 Å². The smallest absolute Gasteiger partial charge is 0.324 e. The molecule has 1 saturated carbocycles. The van der Waals surface area contributed by atoms with Crippen molar-refractivity contribution in [3.8, 4) is 0 Å². The van der Waals surface area contributed by atoms with Crippen LogP contribution in [-0.2, 0) is 56.6 Å². The fourth-order valence-electron chi connectivity index (χ4n) is 2.81. The van der Waals surface area contributed by atoms with Crippen LogP contribution in [0.3, 0.4) is 0 Å². The average molecular weight is 396 g/mol. The maximum absolute atomic E-state index is 15.0. The summed E-state index contributed by atoms with van der Waals surface area (Å²) >= 11 is 0. The summed E-state index contributed by atoms with van der Waals surface area (Å²) in [6.07, 6.45) is 1.22. The molecule has 1 aromatic carbocycles. The second-order valence-corrected chi connectivity index (χ2v) is 4.91. The largest absolute Gasteiger partial charge is 0.539 e. The van der Waals surface area contributed by atoms with E-state index in [2.05, 4.69) is 0 Å². The number of ether oxygens (including phenoxy) is 2. The van der Waals surface area contributed by atoms with Gasteiger partial charge in [-0.15, -0.1) is 0 Å². The molecule has 2 atom stereocenters. The first kappa shape index (κ1) is 19.9. The molecule has 1 radical (unpaired) electrons. The van der Waals surface area contributed by atoms with Crippen molar-refractivity contribution in [2.45, 2.75) is 25.4 Å². The standard InChI is InChI=1S/C16H16FO5.Y/c1-3-21-13(19)16(14(20)22-4-2)12(15(16,17)10-18)11-8-6-5-7-9-11;/h5-9,12H,3-4H2,1-2H3;/q-1;/t12-,15-;/m0./s1. The van der Waals surface area contributed by atoms with Crippen molar-refractivity contribution in [2.24, 2.45) is 5.41 Å². The molecule has 1 fully saturated rings. The van der Waals surface area contributed by atoms with E-state index in [-0.39, 0.29) is 45.9 Å². The molecule has 0 amide bonds. The zero-order chi connectivity index (χ0) is 16.4. The van der Waals surface area contributed by atoms with Gasteiger partial charge in [0, 0.05) is 38.6 Å². The van der Waals surface area contributed by atoms with Gasteiger partial charge in [-0.25, -0.2) is 6.29 Å². The van der Waals surface area contributed by atoms with Crippen molar-refractivity contribution in [3.05, 3.63) is 35.9 Å². The maximum atomic E-state index is 15.0. The molecule has 0 N–H and O–H groups in total. The minimum atomic E-state index is -2.78. The Morgan fingerprint density at radius 2 is 1.61 bits per heavy atom. The van der Waals surface area contributed by atoms with Crippen molar-refractivity contribution >= 4 is 18.2 Å². The van der Waals surface area contributed by atoms with Crippen LogP contribution < -0.4 is 0 Å². The third-order valence-corrected chi connectivity index (χ3v) is 3.80. The Balaban J connectivity index is 0.00000264. The van der Waals surface area contributed by atoms with E-state index in [9.17, 15) is 14.4 Å². The summed E-state index contributed by atoms with van der Waals surface area (Å²) in [7, 11) is 0. The van der Waals surface area contributed by atoms with Gasteiger partial charge in [-0.2, -0.15) is 0 Å². The van der Waals surface area contributed by atoms with Gasteiger partial charge in [-0.3, -0.25) is 14.0 Å². The Morgan fingerprint density at radius 1 is 1.13 bits per heavy atom. The van der Waals surface area contributed by atoms with Crippen LogP contribution in [0.25, 0.3) is 0 Å². The summed E-state index contributed by atoms with van der Waals surface area (Å²) in [6.45, 7) is 2.97. The van der Waals surface area contributed by atoms with Gasteiger partial charge >= 0.3 is 11.9 Å². The summed E-state index contributed by atoms with van der Waals surface area (Å²) in [5.41, 5.74) is -4.76. The first-order valence-electron chi connectivity index (χ1n) is 6.98. The molecule has 0 unspecified atom stereocenters. The van der Waals surface area contributed by atoms with E-state index in [0.717, 1.165) is 0 Å². The second kappa shape index (κ2) is 7.62. The maximum Gasteiger partial charge on any atom is 0.324 e. The summed E-state index contributed by atoms with van der Waals surface area (Å²) in [5.74, 6) is -3.50. The summed E-state index contributed by atoms with van der Waals surface area (Å²) in [4.78, 5) is 35.7. The van der Waals surface area contributed by atoms with Crippen LogP contribution in [0.5, 0.6) is 0 Å². The predicted octanol–water partition coefficient (Wildman–Crippen LogP) is 1.71. The van der Waals surface area contributed by atoms with Crippen LogP contribution in [0.1, 0.15) is 25.3 Å². The molecule has 5 nitrogen and oxygen atoms in total. The average Bonchev–Trinajstić information content (AvgIpc) is 3.11. The molecule has 23 heavy (non-hydrogen) atoms. The van der Waals surface area contributed by atoms with Crippen molar-refractivity contribution in [1.29, 1.82) is 0 Å². The van der Waals surface area contributed by atoms with Crippen LogP contribution >= 0.6 is 0 Å². The first-order chi connectivity index (χ1) is 10.5. The van der Waals surface area contributed by atoms with Gasteiger partial charge in [0.05, 0.1) is 18.9 Å². The number of hydrogen-bond acceptors (Lipinski definition) is 5. The zero-order valence-corrected chi connectivity index (χ0v) is 15.7. The van der Waals surface area contributed by atoms with Crippen LogP contribution in [-0.4, -0.2) is 37.1 Å². The SMILES string of the molecule is CCOC(=O)C1(C(=O)OCC)[C@@H](c2ccccc2)[C@@]1(F)[C-]=O.[Y]. The van der Waals surface area contributed by atoms with E-state index >= 15 is 4.39 Å². The number of carbonyl (C=O) groups excluding carboxylic acids is 3. The monoisotopic (exact) mass is 396 g/mol. The van der Waals surface area contributed by atoms with E-state index in [4.69, 9.17) is 9.47 Å². The number of halogens is 1. The van der Waals surface area contributed by atoms with Gasteiger partial charge in [0.2, 0.25) is 0 Å². The van der Waals surface area contributed by atoms with Crippen molar-refractivity contribution in [3.63, 3.8) is 0 Å². The van der Waals surface area contributed by atoms with Crippen molar-refractivity contribution in [1.82, 2.24) is 0 Å². The number of alkyl halides is 1. The summed E-state index contributed by atoms with van der Waals surface area (Å²) < 4.78 is 24.7. The molecule has 0 saturated heterocycles. The Morgan fingerprint density at radius 3 is 2.00 bits per heavy atom. The first-order valence-corrected chi connectivity index (χ1v) is 6.98. The molecule has 0 heterocycles. The predicted molar refractivity (Wildman–Crippen MR) is 74.4 cm³/mol. The molecule has 7 heteroatoms. The summed E-state index contributed by atoms with van der Waals surface area (Å²) in [5, 5.41) is 0. The molecule has 0 bridgehead atoms. The van der Waals surface area contributed by atoms with Gasteiger partial charge in [0.1, 0.15) is 0 Å². The molecule has 1 aromatic rings. The van der Waals surface area contributed by atoms with Gasteiger partial charge in [0.25, 0.3) is 0 Å². The molecular formula is C16H16FO5Y-. The Kier molecular flexibility index (Phi) is 6.60. The van der Waals surface area contributed by atoms with Crippen LogP contribution in [0.2, 0.25) is 0 Å². The Hall–Kier alpha value is -1.14. The van der Waals surface area contributed by atoms with E-state index < -0.39 is 28.9 Å². The Bertz CT molecular complexity index is 573. The molecule has 0 aromatic heterocycles. The van der Waals surface area contributed by atoms with Gasteiger partial charge in [-0.05, 0) is 19.4 Å². The van der Waals surface area contributed by atoms with E-state index in [1.807, 2.05) is 0 Å². The van der Waals surface area contributed by atoms with Crippen molar-refractivity contribution in [2.75, 3.05) is 13.2 Å². The Labute approximate surface area is 158 Å². The molecule has 0 aliphatic heterocycles. The normalized spacial score (nSPS) is 24.0. The summed E-state index contributed by atoms with van der Waals surface area (Å²) in [6, 6.07) is 8.03. The molecular weight excluding hydrogens is 380 g/mol. The molecule has 1 aliphatic rings. The van der Waals surface area contributed by atoms with E-state index in [1.165, 1.54) is 32.3 Å². The van der Waals surface area contributed by atoms with Crippen LogP contribution in [0, 0.1) is 5.41 Å². The second-order valence-electron chi connectivity index (χ2n) is 4.91. The van der Waals surface area contributed by atoms with Crippen LogP contribution in [0.15, 0.2) is 30.3 Å². The molecule has 2 rings (SSSR count). The van der Waals surface area contributed by atoms with Crippen LogP contribution in [0.4, 0.5) is 4.39 Å². The fraction of sp³-hybridized carbons (Fsp3) is 0.438. The molecule has 121 valence electrons.